The van der Waals surface area contributed by atoms with Crippen LogP contribution in [-0.4, -0.2) is 10.7 Å². The molecule has 3 rings (SSSR count). The predicted octanol–water partition coefficient (Wildman–Crippen LogP) is 3.14. The third-order valence-corrected chi connectivity index (χ3v) is 4.21. The second-order valence-electron chi connectivity index (χ2n) is 5.36. The number of rotatable bonds is 2. The molecule has 1 atom stereocenters. The van der Waals surface area contributed by atoms with E-state index in [0.29, 0.717) is 0 Å². The Labute approximate surface area is 107 Å². The lowest BCUT2D eigenvalue weighted by atomic mass is 9.85. The van der Waals surface area contributed by atoms with Crippen LogP contribution in [0.3, 0.4) is 0 Å². The van der Waals surface area contributed by atoms with E-state index in [4.69, 9.17) is 5.73 Å². The largest absolute Gasteiger partial charge is 0.388 e. The van der Waals surface area contributed by atoms with Gasteiger partial charge in [0.2, 0.25) is 0 Å². The lowest BCUT2D eigenvalue weighted by molar-refractivity contribution is 0.0208. The van der Waals surface area contributed by atoms with Gasteiger partial charge in [0.25, 0.3) is 0 Å². The molecule has 1 fully saturated rings. The average Bonchev–Trinajstić information content (AvgIpc) is 2.85. The summed E-state index contributed by atoms with van der Waals surface area (Å²) in [6.07, 6.45) is 3.79. The molecule has 1 aliphatic rings. The summed E-state index contributed by atoms with van der Waals surface area (Å²) < 4.78 is 0. The number of hydrogen-bond acceptors (Lipinski definition) is 2. The Bertz CT molecular complexity index is 553. The van der Waals surface area contributed by atoms with Gasteiger partial charge in [0.05, 0.1) is 11.6 Å². The van der Waals surface area contributed by atoms with Crippen molar-refractivity contribution in [3.63, 3.8) is 0 Å². The zero-order chi connectivity index (χ0) is 12.6. The maximum Gasteiger partial charge on any atom is 0.0839 e. The van der Waals surface area contributed by atoms with Gasteiger partial charge < -0.3 is 10.8 Å². The minimum atomic E-state index is -0.718. The molecule has 2 nitrogen and oxygen atoms in total. The topological polar surface area (TPSA) is 46.2 Å². The average molecular weight is 241 g/mol. The molecular formula is C16H19NO. The molecule has 1 aliphatic carbocycles. The van der Waals surface area contributed by atoms with E-state index < -0.39 is 5.60 Å². The van der Waals surface area contributed by atoms with E-state index in [0.717, 1.165) is 36.6 Å². The van der Waals surface area contributed by atoms with Gasteiger partial charge in [-0.05, 0) is 29.2 Å². The van der Waals surface area contributed by atoms with Gasteiger partial charge in [0.1, 0.15) is 0 Å². The molecular weight excluding hydrogens is 222 g/mol. The molecule has 18 heavy (non-hydrogen) atoms. The molecule has 2 aromatic carbocycles. The maximum atomic E-state index is 10.6. The summed E-state index contributed by atoms with van der Waals surface area (Å²) in [6, 6.07) is 14.1. The van der Waals surface area contributed by atoms with Crippen LogP contribution in [0.25, 0.3) is 10.8 Å². The van der Waals surface area contributed by atoms with Crippen LogP contribution in [0.2, 0.25) is 0 Å². The first-order valence-corrected chi connectivity index (χ1v) is 6.66. The number of nitrogens with two attached hydrogens (primary N) is 1. The lowest BCUT2D eigenvalue weighted by Gasteiger charge is -2.30. The first kappa shape index (κ1) is 11.7. The molecule has 94 valence electrons. The van der Waals surface area contributed by atoms with Crippen molar-refractivity contribution in [3.8, 4) is 0 Å². The van der Waals surface area contributed by atoms with Crippen molar-refractivity contribution in [2.75, 3.05) is 0 Å². The summed E-state index contributed by atoms with van der Waals surface area (Å²) in [6.45, 7) is 0. The second-order valence-corrected chi connectivity index (χ2v) is 5.36. The van der Waals surface area contributed by atoms with E-state index in [-0.39, 0.29) is 6.04 Å². The summed E-state index contributed by atoms with van der Waals surface area (Å²) in [5.74, 6) is 0. The maximum absolute atomic E-state index is 10.6. The summed E-state index contributed by atoms with van der Waals surface area (Å²) in [5, 5.41) is 13.0. The molecule has 2 aromatic rings. The Kier molecular flexibility index (Phi) is 2.84. The molecule has 0 aromatic heterocycles. The zero-order valence-electron chi connectivity index (χ0n) is 10.5. The van der Waals surface area contributed by atoms with Gasteiger partial charge in [-0.3, -0.25) is 0 Å². The van der Waals surface area contributed by atoms with Crippen molar-refractivity contribution in [1.82, 2.24) is 0 Å². The molecule has 0 radical (unpaired) electrons. The highest BCUT2D eigenvalue weighted by molar-refractivity contribution is 5.86. The predicted molar refractivity (Wildman–Crippen MR) is 74.3 cm³/mol. The van der Waals surface area contributed by atoms with E-state index in [2.05, 4.69) is 18.2 Å². The number of benzene rings is 2. The highest BCUT2D eigenvalue weighted by atomic mass is 16.3. The lowest BCUT2D eigenvalue weighted by Crippen LogP contribution is -2.38. The molecule has 3 N–H and O–H groups in total. The van der Waals surface area contributed by atoms with Crippen LogP contribution in [0.1, 0.15) is 37.3 Å². The van der Waals surface area contributed by atoms with Gasteiger partial charge in [0.15, 0.2) is 0 Å². The smallest absolute Gasteiger partial charge is 0.0839 e. The zero-order valence-corrected chi connectivity index (χ0v) is 10.5. The highest BCUT2D eigenvalue weighted by Gasteiger charge is 2.38. The molecule has 1 saturated carbocycles. The van der Waals surface area contributed by atoms with Crippen LogP contribution in [0.5, 0.6) is 0 Å². The van der Waals surface area contributed by atoms with Crippen LogP contribution in [0, 0.1) is 0 Å². The third-order valence-electron chi connectivity index (χ3n) is 4.21. The van der Waals surface area contributed by atoms with Crippen LogP contribution in [-0.2, 0) is 0 Å². The Morgan fingerprint density at radius 3 is 2.44 bits per heavy atom. The monoisotopic (exact) mass is 241 g/mol. The van der Waals surface area contributed by atoms with Crippen molar-refractivity contribution in [2.45, 2.75) is 37.3 Å². The van der Waals surface area contributed by atoms with Crippen molar-refractivity contribution in [1.29, 1.82) is 0 Å². The minimum Gasteiger partial charge on any atom is -0.388 e. The molecule has 1 unspecified atom stereocenters. The Balaban J connectivity index is 2.08. The van der Waals surface area contributed by atoms with E-state index in [9.17, 15) is 5.11 Å². The van der Waals surface area contributed by atoms with Crippen molar-refractivity contribution in [2.24, 2.45) is 5.73 Å². The van der Waals surface area contributed by atoms with Crippen molar-refractivity contribution in [3.05, 3.63) is 48.0 Å². The highest BCUT2D eigenvalue weighted by Crippen LogP contribution is 2.40. The van der Waals surface area contributed by atoms with Gasteiger partial charge >= 0.3 is 0 Å². The number of aliphatic hydroxyl groups is 1. The molecule has 0 heterocycles. The van der Waals surface area contributed by atoms with Gasteiger partial charge in [-0.15, -0.1) is 0 Å². The van der Waals surface area contributed by atoms with Gasteiger partial charge in [-0.2, -0.15) is 0 Å². The van der Waals surface area contributed by atoms with Gasteiger partial charge in [-0.1, -0.05) is 55.3 Å². The Morgan fingerprint density at radius 2 is 1.67 bits per heavy atom. The normalized spacial score (nSPS) is 20.1. The second kappa shape index (κ2) is 4.38. The molecule has 0 aliphatic heterocycles. The number of hydrogen-bond donors (Lipinski definition) is 2. The van der Waals surface area contributed by atoms with Crippen LogP contribution >= 0.6 is 0 Å². The SMILES string of the molecule is NC(c1cccc2ccccc12)C1(O)CCCC1. The fraction of sp³-hybridized carbons (Fsp3) is 0.375. The van der Waals surface area contributed by atoms with Gasteiger partial charge in [0, 0.05) is 0 Å². The van der Waals surface area contributed by atoms with E-state index in [1.165, 1.54) is 5.39 Å². The fourth-order valence-electron chi connectivity index (χ4n) is 3.11. The number of fused-ring (bicyclic) bond motifs is 1. The summed E-state index contributed by atoms with van der Waals surface area (Å²) >= 11 is 0. The fourth-order valence-corrected chi connectivity index (χ4v) is 3.11. The van der Waals surface area contributed by atoms with Gasteiger partial charge in [-0.25, -0.2) is 0 Å². The standard InChI is InChI=1S/C16H19NO/c17-15(16(18)10-3-4-11-16)14-9-5-7-12-6-1-2-8-13(12)14/h1-2,5-9,15,18H,3-4,10-11,17H2. The quantitative estimate of drug-likeness (QED) is 0.848. The molecule has 0 saturated heterocycles. The molecule has 0 spiro atoms. The van der Waals surface area contributed by atoms with E-state index in [1.807, 2.05) is 24.3 Å². The molecule has 0 amide bonds. The first-order valence-electron chi connectivity index (χ1n) is 6.66. The molecule has 0 bridgehead atoms. The van der Waals surface area contributed by atoms with Crippen molar-refractivity contribution < 1.29 is 5.11 Å². The van der Waals surface area contributed by atoms with E-state index in [1.54, 1.807) is 0 Å². The summed E-state index contributed by atoms with van der Waals surface area (Å²) in [7, 11) is 0. The Morgan fingerprint density at radius 1 is 1.00 bits per heavy atom. The van der Waals surface area contributed by atoms with Crippen LogP contribution in [0.4, 0.5) is 0 Å². The van der Waals surface area contributed by atoms with Crippen molar-refractivity contribution >= 4 is 10.8 Å². The van der Waals surface area contributed by atoms with E-state index >= 15 is 0 Å². The summed E-state index contributed by atoms with van der Waals surface area (Å²) in [4.78, 5) is 0. The van der Waals surface area contributed by atoms with Crippen LogP contribution in [0.15, 0.2) is 42.5 Å². The first-order chi connectivity index (χ1) is 8.71. The molecule has 2 heteroatoms. The minimum absolute atomic E-state index is 0.286. The summed E-state index contributed by atoms with van der Waals surface area (Å²) in [5.41, 5.74) is 6.70. The van der Waals surface area contributed by atoms with Crippen LogP contribution < -0.4 is 5.73 Å². The Hall–Kier alpha value is -1.38. The third kappa shape index (κ3) is 1.82.